The summed E-state index contributed by atoms with van der Waals surface area (Å²) in [5.74, 6) is 0.0325. The smallest absolute Gasteiger partial charge is 0.253 e. The van der Waals surface area contributed by atoms with E-state index in [-0.39, 0.29) is 30.3 Å². The molecule has 9 heteroatoms. The number of piperidine rings is 1. The highest BCUT2D eigenvalue weighted by Gasteiger charge is 2.40. The van der Waals surface area contributed by atoms with Crippen molar-refractivity contribution < 1.29 is 19.1 Å². The number of carbonyl (C=O) groups excluding carboxylic acids is 3. The van der Waals surface area contributed by atoms with Gasteiger partial charge in [-0.2, -0.15) is 0 Å². The highest BCUT2D eigenvalue weighted by atomic mass is 35.5. The second-order valence-electron chi connectivity index (χ2n) is 9.23. The zero-order valence-electron chi connectivity index (χ0n) is 19.8. The summed E-state index contributed by atoms with van der Waals surface area (Å²) in [5.41, 5.74) is 2.57. The predicted molar refractivity (Wildman–Crippen MR) is 136 cm³/mol. The predicted octanol–water partition coefficient (Wildman–Crippen LogP) is 3.93. The van der Waals surface area contributed by atoms with Crippen LogP contribution < -0.4 is 19.9 Å². The molecule has 184 valence electrons. The Bertz CT molecular complexity index is 1160. The Morgan fingerprint density at radius 1 is 1.03 bits per heavy atom. The number of likely N-dealkylation sites (tertiary alicyclic amines) is 1. The molecule has 2 saturated heterocycles. The fraction of sp³-hybridized carbons (Fsp3) is 0.423. The number of methoxy groups -OCH3 is 1. The quantitative estimate of drug-likeness (QED) is 0.678. The van der Waals surface area contributed by atoms with Crippen molar-refractivity contribution in [3.05, 3.63) is 47.0 Å². The zero-order valence-corrected chi connectivity index (χ0v) is 20.5. The first-order chi connectivity index (χ1) is 17.0. The van der Waals surface area contributed by atoms with E-state index in [4.69, 9.17) is 16.3 Å². The fourth-order valence-corrected chi connectivity index (χ4v) is 5.50. The Balaban J connectivity index is 1.43. The van der Waals surface area contributed by atoms with E-state index in [1.165, 1.54) is 12.0 Å². The van der Waals surface area contributed by atoms with Gasteiger partial charge in [0.25, 0.3) is 5.91 Å². The van der Waals surface area contributed by atoms with Gasteiger partial charge in [0.05, 0.1) is 23.5 Å². The Morgan fingerprint density at radius 3 is 2.54 bits per heavy atom. The van der Waals surface area contributed by atoms with Gasteiger partial charge < -0.3 is 19.9 Å². The number of nitrogens with one attached hydrogen (secondary N) is 1. The summed E-state index contributed by atoms with van der Waals surface area (Å²) in [7, 11) is 1.52. The third kappa shape index (κ3) is 4.55. The maximum absolute atomic E-state index is 13.6. The van der Waals surface area contributed by atoms with Crippen molar-refractivity contribution in [1.82, 2.24) is 4.90 Å². The number of nitrogens with zero attached hydrogens (tertiary/aromatic N) is 3. The maximum Gasteiger partial charge on any atom is 0.253 e. The van der Waals surface area contributed by atoms with Crippen molar-refractivity contribution in [3.8, 4) is 5.75 Å². The second kappa shape index (κ2) is 9.77. The lowest BCUT2D eigenvalue weighted by Gasteiger charge is -2.45. The number of ether oxygens (including phenoxy) is 1. The molecule has 0 saturated carbocycles. The molecule has 1 atom stereocenters. The van der Waals surface area contributed by atoms with Crippen LogP contribution in [0, 0.1) is 0 Å². The van der Waals surface area contributed by atoms with Crippen LogP contribution in [0.5, 0.6) is 5.75 Å². The molecule has 3 heterocycles. The monoisotopic (exact) mass is 496 g/mol. The number of amides is 3. The third-order valence-electron chi connectivity index (χ3n) is 7.01. The molecule has 0 spiro atoms. The van der Waals surface area contributed by atoms with Gasteiger partial charge in [-0.1, -0.05) is 11.6 Å². The van der Waals surface area contributed by atoms with Crippen molar-refractivity contribution in [1.29, 1.82) is 0 Å². The number of fused-ring (bicyclic) bond motifs is 3. The second-order valence-corrected chi connectivity index (χ2v) is 9.64. The molecular weight excluding hydrogens is 468 g/mol. The van der Waals surface area contributed by atoms with Gasteiger partial charge in [-0.3, -0.25) is 19.3 Å². The average Bonchev–Trinajstić information content (AvgIpc) is 3.41. The molecule has 0 unspecified atom stereocenters. The molecule has 0 aliphatic carbocycles. The fourth-order valence-electron chi connectivity index (χ4n) is 5.24. The van der Waals surface area contributed by atoms with Gasteiger partial charge in [-0.15, -0.1) is 0 Å². The number of hydrogen-bond donors (Lipinski definition) is 1. The van der Waals surface area contributed by atoms with Gasteiger partial charge in [0.1, 0.15) is 18.3 Å². The van der Waals surface area contributed by atoms with Crippen LogP contribution in [0.1, 0.15) is 42.5 Å². The summed E-state index contributed by atoms with van der Waals surface area (Å²) >= 11 is 6.19. The van der Waals surface area contributed by atoms with E-state index in [0.29, 0.717) is 27.7 Å². The topological polar surface area (TPSA) is 82.2 Å². The van der Waals surface area contributed by atoms with Crippen LogP contribution in [-0.2, 0) is 9.59 Å². The van der Waals surface area contributed by atoms with E-state index < -0.39 is 0 Å². The van der Waals surface area contributed by atoms with Crippen LogP contribution >= 0.6 is 11.6 Å². The number of benzene rings is 2. The molecule has 0 bridgehead atoms. The van der Waals surface area contributed by atoms with E-state index in [9.17, 15) is 14.4 Å². The SMILES string of the molecule is COc1ccc(NC(=O)CN2C(=O)[C@H]3CCCCN3c3ccc(C(=O)N4CCCC4)cc32)cc1Cl. The summed E-state index contributed by atoms with van der Waals surface area (Å²) in [6.45, 7) is 2.13. The van der Waals surface area contributed by atoms with Gasteiger partial charge in [0.15, 0.2) is 0 Å². The highest BCUT2D eigenvalue weighted by Crippen LogP contribution is 2.40. The van der Waals surface area contributed by atoms with Crippen LogP contribution in [0.25, 0.3) is 0 Å². The number of carbonyl (C=O) groups is 3. The van der Waals surface area contributed by atoms with Crippen LogP contribution in [0.4, 0.5) is 17.1 Å². The first-order valence-corrected chi connectivity index (χ1v) is 12.5. The van der Waals surface area contributed by atoms with Crippen LogP contribution in [0.2, 0.25) is 5.02 Å². The Morgan fingerprint density at radius 2 is 1.80 bits per heavy atom. The van der Waals surface area contributed by atoms with Crippen molar-refractivity contribution in [2.45, 2.75) is 38.1 Å². The minimum atomic E-state index is -0.342. The molecule has 3 aliphatic rings. The summed E-state index contributed by atoms with van der Waals surface area (Å²) < 4.78 is 5.16. The molecule has 1 N–H and O–H groups in total. The van der Waals surface area contributed by atoms with Crippen molar-refractivity contribution in [3.63, 3.8) is 0 Å². The number of hydrogen-bond acceptors (Lipinski definition) is 5. The summed E-state index contributed by atoms with van der Waals surface area (Å²) in [6, 6.07) is 10.2. The van der Waals surface area contributed by atoms with E-state index in [1.807, 2.05) is 17.0 Å². The largest absolute Gasteiger partial charge is 0.495 e. The molecule has 3 aliphatic heterocycles. The molecule has 35 heavy (non-hydrogen) atoms. The minimum Gasteiger partial charge on any atom is -0.495 e. The molecule has 5 rings (SSSR count). The van der Waals surface area contributed by atoms with Crippen molar-refractivity contribution in [2.75, 3.05) is 48.4 Å². The van der Waals surface area contributed by atoms with Crippen molar-refractivity contribution in [2.24, 2.45) is 0 Å². The summed E-state index contributed by atoms with van der Waals surface area (Å²) in [5, 5.41) is 3.21. The number of rotatable bonds is 5. The molecule has 2 aromatic carbocycles. The average molecular weight is 497 g/mol. The number of halogens is 1. The van der Waals surface area contributed by atoms with Crippen LogP contribution in [0.15, 0.2) is 36.4 Å². The zero-order chi connectivity index (χ0) is 24.5. The van der Waals surface area contributed by atoms with Crippen LogP contribution in [0.3, 0.4) is 0 Å². The minimum absolute atomic E-state index is 0.0317. The van der Waals surface area contributed by atoms with Gasteiger partial charge in [-0.05, 0) is 68.5 Å². The third-order valence-corrected chi connectivity index (χ3v) is 7.30. The van der Waals surface area contributed by atoms with E-state index >= 15 is 0 Å². The lowest BCUT2D eigenvalue weighted by molar-refractivity contribution is -0.123. The molecule has 2 fully saturated rings. The standard InChI is InChI=1S/C26H29ClN4O4/c1-35-23-10-8-18(15-19(23)27)28-24(32)16-31-22-14-17(25(33)29-11-4-5-12-29)7-9-20(22)30-13-3-2-6-21(30)26(31)34/h7-10,14-15,21H,2-6,11-13,16H2,1H3,(H,28,32)/t21-/m1/s1. The Labute approximate surface area is 209 Å². The lowest BCUT2D eigenvalue weighted by Crippen LogP contribution is -2.56. The molecule has 0 radical (unpaired) electrons. The Hall–Kier alpha value is -3.26. The van der Waals surface area contributed by atoms with E-state index in [1.54, 1.807) is 24.3 Å². The van der Waals surface area contributed by atoms with Crippen LogP contribution in [-0.4, -0.2) is 62.0 Å². The molecule has 0 aromatic heterocycles. The van der Waals surface area contributed by atoms with Crippen molar-refractivity contribution >= 4 is 46.4 Å². The molecule has 2 aromatic rings. The summed E-state index contributed by atoms with van der Waals surface area (Å²) in [4.78, 5) is 45.1. The lowest BCUT2D eigenvalue weighted by atomic mass is 9.95. The maximum atomic E-state index is 13.6. The first-order valence-electron chi connectivity index (χ1n) is 12.1. The molecular formula is C26H29ClN4O4. The molecule has 8 nitrogen and oxygen atoms in total. The normalized spacial score (nSPS) is 19.3. The van der Waals surface area contributed by atoms with Gasteiger partial charge in [0, 0.05) is 30.9 Å². The van der Waals surface area contributed by atoms with Gasteiger partial charge >= 0.3 is 0 Å². The van der Waals surface area contributed by atoms with Gasteiger partial charge in [0.2, 0.25) is 11.8 Å². The first kappa shape index (κ1) is 23.5. The van der Waals surface area contributed by atoms with E-state index in [0.717, 1.165) is 57.4 Å². The molecule has 3 amide bonds. The highest BCUT2D eigenvalue weighted by molar-refractivity contribution is 6.32. The van der Waals surface area contributed by atoms with Gasteiger partial charge in [-0.25, -0.2) is 0 Å². The Kier molecular flexibility index (Phi) is 6.56. The number of anilines is 3. The van der Waals surface area contributed by atoms with E-state index in [2.05, 4.69) is 10.2 Å². The summed E-state index contributed by atoms with van der Waals surface area (Å²) in [6.07, 6.45) is 4.74.